The Bertz CT molecular complexity index is 1290. The molecular weight excluding hydrogens is 500 g/mol. The molecule has 1 aromatic heterocycles. The first kappa shape index (κ1) is 27.0. The number of benzene rings is 2. The molecule has 0 radical (unpaired) electrons. The van der Waals surface area contributed by atoms with E-state index in [0.29, 0.717) is 25.8 Å². The number of fused-ring (bicyclic) bond motifs is 1. The van der Waals surface area contributed by atoms with E-state index in [2.05, 4.69) is 51.6 Å². The molecular formula is C33H42N4O3. The van der Waals surface area contributed by atoms with Crippen LogP contribution in [-0.4, -0.2) is 77.1 Å². The van der Waals surface area contributed by atoms with E-state index in [4.69, 9.17) is 4.74 Å². The highest BCUT2D eigenvalue weighted by Gasteiger charge is 2.54. The summed E-state index contributed by atoms with van der Waals surface area (Å²) in [6, 6.07) is 18.3. The molecule has 1 spiro atoms. The Labute approximate surface area is 237 Å². The summed E-state index contributed by atoms with van der Waals surface area (Å²) in [4.78, 5) is 35.7. The molecule has 0 bridgehead atoms. The van der Waals surface area contributed by atoms with Gasteiger partial charge < -0.3 is 24.8 Å². The fourth-order valence-corrected chi connectivity index (χ4v) is 6.92. The van der Waals surface area contributed by atoms with Crippen LogP contribution >= 0.6 is 0 Å². The lowest BCUT2D eigenvalue weighted by Crippen LogP contribution is -2.73. The number of piperazine rings is 1. The van der Waals surface area contributed by atoms with E-state index in [1.165, 1.54) is 18.4 Å². The normalized spacial score (nSPS) is 23.2. The number of H-pyrrole nitrogens is 1. The fraction of sp³-hybridized carbons (Fsp3) is 0.515. The maximum atomic E-state index is 14.1. The third-order valence-corrected chi connectivity index (χ3v) is 9.28. The van der Waals surface area contributed by atoms with Crippen molar-refractivity contribution >= 4 is 22.7 Å². The molecule has 2 aromatic carbocycles. The molecule has 3 aliphatic heterocycles. The molecule has 4 heterocycles. The SMILES string of the molecule is O=C1C(Cc2c[nH]c3ccccc23)NC(=O)C2(CCN(CCCCCc3ccccc3)CC2)N1CC1CCCO1. The maximum Gasteiger partial charge on any atom is 0.246 e. The van der Waals surface area contributed by atoms with Gasteiger partial charge in [-0.2, -0.15) is 0 Å². The number of piperidine rings is 1. The van der Waals surface area contributed by atoms with Crippen LogP contribution in [0.3, 0.4) is 0 Å². The molecule has 2 atom stereocenters. The van der Waals surface area contributed by atoms with E-state index in [1.54, 1.807) is 0 Å². The molecule has 0 aliphatic carbocycles. The van der Waals surface area contributed by atoms with Crippen LogP contribution in [-0.2, 0) is 27.2 Å². The minimum atomic E-state index is -0.774. The molecule has 3 aromatic rings. The quantitative estimate of drug-likeness (QED) is 0.371. The molecule has 2 N–H and O–H groups in total. The highest BCUT2D eigenvalue weighted by Crippen LogP contribution is 2.35. The molecule has 2 unspecified atom stereocenters. The van der Waals surface area contributed by atoms with Crippen LogP contribution in [0.5, 0.6) is 0 Å². The van der Waals surface area contributed by atoms with Crippen molar-refractivity contribution in [2.75, 3.05) is 32.8 Å². The molecule has 2 amide bonds. The number of carbonyl (C=O) groups is 2. The van der Waals surface area contributed by atoms with E-state index in [1.807, 2.05) is 29.3 Å². The van der Waals surface area contributed by atoms with Crippen molar-refractivity contribution in [3.05, 3.63) is 71.9 Å². The number of rotatable bonds is 10. The van der Waals surface area contributed by atoms with Crippen LogP contribution in [0.15, 0.2) is 60.8 Å². The number of aromatic amines is 1. The van der Waals surface area contributed by atoms with Crippen molar-refractivity contribution in [2.45, 2.75) is 75.5 Å². The zero-order valence-corrected chi connectivity index (χ0v) is 23.4. The third kappa shape index (κ3) is 5.68. The van der Waals surface area contributed by atoms with Crippen LogP contribution in [0.25, 0.3) is 10.9 Å². The van der Waals surface area contributed by atoms with Gasteiger partial charge in [0, 0.05) is 49.8 Å². The number of nitrogens with zero attached hydrogens (tertiary/aromatic N) is 2. The second-order valence-corrected chi connectivity index (χ2v) is 11.8. The van der Waals surface area contributed by atoms with Crippen molar-refractivity contribution in [2.24, 2.45) is 0 Å². The second-order valence-electron chi connectivity index (χ2n) is 11.8. The summed E-state index contributed by atoms with van der Waals surface area (Å²) >= 11 is 0. The van der Waals surface area contributed by atoms with Crippen LogP contribution in [0.2, 0.25) is 0 Å². The number of aromatic nitrogens is 1. The number of para-hydroxylation sites is 1. The Morgan fingerprint density at radius 2 is 1.75 bits per heavy atom. The number of carbonyl (C=O) groups excluding carboxylic acids is 2. The van der Waals surface area contributed by atoms with Gasteiger partial charge in [-0.25, -0.2) is 0 Å². The molecule has 7 nitrogen and oxygen atoms in total. The van der Waals surface area contributed by atoms with E-state index in [-0.39, 0.29) is 17.9 Å². The van der Waals surface area contributed by atoms with Crippen LogP contribution in [0.1, 0.15) is 56.1 Å². The lowest BCUT2D eigenvalue weighted by Gasteiger charge is -2.52. The molecule has 212 valence electrons. The number of unbranched alkanes of at least 4 members (excludes halogenated alkanes) is 2. The van der Waals surface area contributed by atoms with E-state index >= 15 is 0 Å². The summed E-state index contributed by atoms with van der Waals surface area (Å²) in [5.41, 5.74) is 2.74. The van der Waals surface area contributed by atoms with Gasteiger partial charge in [0.1, 0.15) is 11.6 Å². The van der Waals surface area contributed by atoms with Gasteiger partial charge in [-0.05, 0) is 68.7 Å². The largest absolute Gasteiger partial charge is 0.376 e. The van der Waals surface area contributed by atoms with Gasteiger partial charge in [0.2, 0.25) is 11.8 Å². The Morgan fingerprint density at radius 1 is 0.950 bits per heavy atom. The number of hydrogen-bond acceptors (Lipinski definition) is 4. The summed E-state index contributed by atoms with van der Waals surface area (Å²) in [7, 11) is 0. The molecule has 0 saturated carbocycles. The Morgan fingerprint density at radius 3 is 2.55 bits per heavy atom. The number of amides is 2. The molecule has 7 heteroatoms. The number of nitrogens with one attached hydrogen (secondary N) is 2. The van der Waals surface area contributed by atoms with Gasteiger partial charge in [-0.1, -0.05) is 55.0 Å². The summed E-state index contributed by atoms with van der Waals surface area (Å²) in [5.74, 6) is 0.0483. The second kappa shape index (κ2) is 12.1. The van der Waals surface area contributed by atoms with E-state index in [0.717, 1.165) is 68.4 Å². The zero-order chi connectivity index (χ0) is 27.4. The Hall–Kier alpha value is -3.16. The third-order valence-electron chi connectivity index (χ3n) is 9.28. The van der Waals surface area contributed by atoms with Gasteiger partial charge in [-0.15, -0.1) is 0 Å². The summed E-state index contributed by atoms with van der Waals surface area (Å²) < 4.78 is 5.96. The number of likely N-dealkylation sites (tertiary alicyclic amines) is 1. The van der Waals surface area contributed by atoms with Gasteiger partial charge in [0.05, 0.1) is 6.10 Å². The number of ether oxygens (including phenoxy) is 1. The first-order valence-electron chi connectivity index (χ1n) is 15.2. The number of hydrogen-bond donors (Lipinski definition) is 2. The highest BCUT2D eigenvalue weighted by atomic mass is 16.5. The van der Waals surface area contributed by atoms with Crippen LogP contribution in [0.4, 0.5) is 0 Å². The summed E-state index contributed by atoms with van der Waals surface area (Å²) in [5, 5.41) is 4.28. The van der Waals surface area contributed by atoms with Crippen molar-refractivity contribution in [3.8, 4) is 0 Å². The molecule has 3 fully saturated rings. The molecule has 3 aliphatic rings. The Balaban J connectivity index is 1.09. The first-order valence-corrected chi connectivity index (χ1v) is 15.2. The van der Waals surface area contributed by atoms with Crippen molar-refractivity contribution in [1.82, 2.24) is 20.1 Å². The smallest absolute Gasteiger partial charge is 0.246 e. The van der Waals surface area contributed by atoms with Crippen molar-refractivity contribution in [1.29, 1.82) is 0 Å². The Kier molecular flexibility index (Phi) is 8.21. The number of aryl methyl sites for hydroxylation is 1. The predicted octanol–water partition coefficient (Wildman–Crippen LogP) is 4.46. The monoisotopic (exact) mass is 542 g/mol. The minimum absolute atomic E-state index is 0.0115. The van der Waals surface area contributed by atoms with E-state index < -0.39 is 11.6 Å². The first-order chi connectivity index (χ1) is 19.6. The fourth-order valence-electron chi connectivity index (χ4n) is 6.92. The van der Waals surface area contributed by atoms with Crippen LogP contribution < -0.4 is 5.32 Å². The van der Waals surface area contributed by atoms with Gasteiger partial charge >= 0.3 is 0 Å². The van der Waals surface area contributed by atoms with Gasteiger partial charge in [0.25, 0.3) is 0 Å². The molecule has 6 rings (SSSR count). The average Bonchev–Trinajstić information content (AvgIpc) is 3.66. The maximum absolute atomic E-state index is 14.1. The zero-order valence-electron chi connectivity index (χ0n) is 23.4. The van der Waals surface area contributed by atoms with E-state index in [9.17, 15) is 9.59 Å². The minimum Gasteiger partial charge on any atom is -0.376 e. The van der Waals surface area contributed by atoms with Gasteiger partial charge in [0.15, 0.2) is 0 Å². The average molecular weight is 543 g/mol. The van der Waals surface area contributed by atoms with Crippen molar-refractivity contribution < 1.29 is 14.3 Å². The lowest BCUT2D eigenvalue weighted by molar-refractivity contribution is -0.163. The van der Waals surface area contributed by atoms with Gasteiger partial charge in [-0.3, -0.25) is 9.59 Å². The topological polar surface area (TPSA) is 77.7 Å². The predicted molar refractivity (Wildman–Crippen MR) is 157 cm³/mol. The summed E-state index contributed by atoms with van der Waals surface area (Å²) in [6.07, 6.45) is 10.5. The molecule has 3 saturated heterocycles. The highest BCUT2D eigenvalue weighted by molar-refractivity contribution is 6.00. The van der Waals surface area contributed by atoms with Crippen LogP contribution in [0, 0.1) is 0 Å². The van der Waals surface area contributed by atoms with Crippen molar-refractivity contribution in [3.63, 3.8) is 0 Å². The summed E-state index contributed by atoms with van der Waals surface area (Å²) in [6.45, 7) is 3.98. The lowest BCUT2D eigenvalue weighted by atomic mass is 9.80. The standard InChI is InChI=1S/C33H42N4O3/c38-31-30(22-26-23-34-29-15-7-6-14-28(26)29)35-32(39)33(37(31)24-27-13-9-21-40-27)16-19-36(20-17-33)18-8-2-5-12-25-10-3-1-4-11-25/h1,3-4,6-7,10-11,14-15,23,27,30,34H,2,5,8-9,12-13,16-22,24H2,(H,35,39). The molecule has 40 heavy (non-hydrogen) atoms.